The summed E-state index contributed by atoms with van der Waals surface area (Å²) in [6.07, 6.45) is 1.36. The van der Waals surface area contributed by atoms with E-state index in [9.17, 15) is 28.3 Å². The summed E-state index contributed by atoms with van der Waals surface area (Å²) in [7, 11) is 2.53. The van der Waals surface area contributed by atoms with Crippen LogP contribution in [0.5, 0.6) is 0 Å². The third kappa shape index (κ3) is 5.79. The van der Waals surface area contributed by atoms with E-state index in [4.69, 9.17) is 9.31 Å². The summed E-state index contributed by atoms with van der Waals surface area (Å²) < 4.78 is 39.8. The molecule has 1 unspecified atom stereocenters. The van der Waals surface area contributed by atoms with Gasteiger partial charge in [0.2, 0.25) is 11.8 Å². The Balaban J connectivity index is 1.84. The van der Waals surface area contributed by atoms with E-state index in [-0.39, 0.29) is 12.5 Å². The Kier molecular flexibility index (Phi) is 7.58. The van der Waals surface area contributed by atoms with E-state index < -0.39 is 67.1 Å². The van der Waals surface area contributed by atoms with Crippen molar-refractivity contribution in [2.24, 2.45) is 11.8 Å². The Bertz CT molecular complexity index is 878. The summed E-state index contributed by atoms with van der Waals surface area (Å²) in [5.74, 6) is -5.68. The van der Waals surface area contributed by atoms with Crippen LogP contribution in [0.3, 0.4) is 0 Å². The highest BCUT2D eigenvalue weighted by molar-refractivity contribution is 6.54. The van der Waals surface area contributed by atoms with Gasteiger partial charge in [-0.3, -0.25) is 9.59 Å². The molecular formula is C23H36BF2N3O6. The molecule has 12 heteroatoms. The lowest BCUT2D eigenvalue weighted by atomic mass is 9.67. The molecule has 0 aromatic carbocycles. The molecule has 0 aromatic rings. The second-order valence-corrected chi connectivity index (χ2v) is 11.0. The zero-order valence-corrected chi connectivity index (χ0v) is 21.3. The van der Waals surface area contributed by atoms with Crippen LogP contribution in [0.4, 0.5) is 13.6 Å². The van der Waals surface area contributed by atoms with E-state index in [0.29, 0.717) is 19.3 Å². The Morgan fingerprint density at radius 3 is 2.23 bits per heavy atom. The van der Waals surface area contributed by atoms with Crippen molar-refractivity contribution in [3.05, 3.63) is 11.5 Å². The average Bonchev–Trinajstić information content (AvgIpc) is 3.21. The number of alkyl halides is 2. The topological polar surface area (TPSA) is 108 Å². The standard InChI is InChI=1S/C23H36BF2N3O6/c1-21(2)22(3,4)35-24(34-21)15-9-7-14(8-10-15)16(18(30)28(5)6)17(27-20(32)33)19(31)29-12-11-23(25,26)13-29/h9,14,16-17,27H,7-8,10-13H2,1-6H3,(H,32,33)/t14?,16-,17+/m1/s1. The summed E-state index contributed by atoms with van der Waals surface area (Å²) in [5, 5.41) is 11.6. The minimum absolute atomic E-state index is 0.191. The predicted molar refractivity (Wildman–Crippen MR) is 125 cm³/mol. The minimum Gasteiger partial charge on any atom is -0.465 e. The van der Waals surface area contributed by atoms with Crippen molar-refractivity contribution in [2.75, 3.05) is 27.2 Å². The smallest absolute Gasteiger partial charge is 0.465 e. The number of nitrogens with one attached hydrogen (secondary N) is 1. The van der Waals surface area contributed by atoms with Crippen LogP contribution < -0.4 is 5.32 Å². The first-order chi connectivity index (χ1) is 16.0. The largest absolute Gasteiger partial charge is 0.490 e. The molecular weight excluding hydrogens is 463 g/mol. The Hall–Kier alpha value is -2.21. The van der Waals surface area contributed by atoms with Crippen LogP contribution in [0.1, 0.15) is 53.4 Å². The molecule has 0 saturated carbocycles. The number of likely N-dealkylation sites (tertiary alicyclic amines) is 1. The van der Waals surface area contributed by atoms with Gasteiger partial charge in [-0.25, -0.2) is 13.6 Å². The summed E-state index contributed by atoms with van der Waals surface area (Å²) in [5.41, 5.74) is -0.0666. The number of nitrogens with zero attached hydrogens (tertiary/aromatic N) is 2. The van der Waals surface area contributed by atoms with Gasteiger partial charge in [-0.1, -0.05) is 6.08 Å². The highest BCUT2D eigenvalue weighted by Gasteiger charge is 2.53. The third-order valence-electron chi connectivity index (χ3n) is 7.66. The highest BCUT2D eigenvalue weighted by atomic mass is 19.3. The fraction of sp³-hybridized carbons (Fsp3) is 0.783. The number of rotatable bonds is 6. The van der Waals surface area contributed by atoms with Crippen molar-refractivity contribution >= 4 is 25.0 Å². The van der Waals surface area contributed by atoms with E-state index in [1.165, 1.54) is 19.0 Å². The second-order valence-electron chi connectivity index (χ2n) is 11.0. The lowest BCUT2D eigenvalue weighted by molar-refractivity contribution is -0.144. The Morgan fingerprint density at radius 2 is 1.80 bits per heavy atom. The van der Waals surface area contributed by atoms with Crippen LogP contribution in [0.2, 0.25) is 0 Å². The molecule has 3 aliphatic rings. The van der Waals surface area contributed by atoms with Crippen molar-refractivity contribution in [1.29, 1.82) is 0 Å². The van der Waals surface area contributed by atoms with Crippen LogP contribution in [-0.2, 0) is 18.9 Å². The predicted octanol–water partition coefficient (Wildman–Crippen LogP) is 2.55. The first-order valence-electron chi connectivity index (χ1n) is 12.0. The van der Waals surface area contributed by atoms with Crippen molar-refractivity contribution in [1.82, 2.24) is 15.1 Å². The van der Waals surface area contributed by atoms with Gasteiger partial charge in [-0.2, -0.15) is 0 Å². The number of carbonyl (C=O) groups excluding carboxylic acids is 2. The van der Waals surface area contributed by atoms with Crippen molar-refractivity contribution in [3.8, 4) is 0 Å². The second kappa shape index (κ2) is 9.69. The van der Waals surface area contributed by atoms with Gasteiger partial charge in [0, 0.05) is 27.1 Å². The molecule has 3 amide bonds. The molecule has 1 aliphatic carbocycles. The molecule has 3 rings (SSSR count). The van der Waals surface area contributed by atoms with Crippen molar-refractivity contribution in [3.63, 3.8) is 0 Å². The number of halogens is 2. The van der Waals surface area contributed by atoms with E-state index >= 15 is 0 Å². The summed E-state index contributed by atoms with van der Waals surface area (Å²) in [4.78, 5) is 40.3. The number of allylic oxidation sites excluding steroid dienone is 2. The van der Waals surface area contributed by atoms with E-state index in [2.05, 4.69) is 5.32 Å². The molecule has 196 valence electrons. The van der Waals surface area contributed by atoms with E-state index in [1.807, 2.05) is 33.8 Å². The fourth-order valence-electron chi connectivity index (χ4n) is 4.88. The van der Waals surface area contributed by atoms with Crippen molar-refractivity contribution in [2.45, 2.75) is 76.5 Å². The average molecular weight is 499 g/mol. The quantitative estimate of drug-likeness (QED) is 0.544. The molecule has 0 bridgehead atoms. The molecule has 0 aromatic heterocycles. The van der Waals surface area contributed by atoms with Crippen LogP contribution in [-0.4, -0.2) is 90.3 Å². The van der Waals surface area contributed by atoms with Gasteiger partial charge in [-0.05, 0) is 58.3 Å². The lowest BCUT2D eigenvalue weighted by Gasteiger charge is -2.36. The number of amides is 3. The molecule has 3 atom stereocenters. The third-order valence-corrected chi connectivity index (χ3v) is 7.66. The molecule has 0 radical (unpaired) electrons. The molecule has 0 spiro atoms. The number of carbonyl (C=O) groups is 3. The fourth-order valence-corrected chi connectivity index (χ4v) is 4.88. The zero-order chi connectivity index (χ0) is 26.3. The van der Waals surface area contributed by atoms with Crippen LogP contribution in [0, 0.1) is 11.8 Å². The molecule has 2 heterocycles. The molecule has 9 nitrogen and oxygen atoms in total. The number of carboxylic acid groups (broad SMARTS) is 1. The van der Waals surface area contributed by atoms with Crippen LogP contribution in [0.25, 0.3) is 0 Å². The molecule has 2 saturated heterocycles. The van der Waals surface area contributed by atoms with Gasteiger partial charge in [0.25, 0.3) is 5.92 Å². The Labute approximate surface area is 205 Å². The summed E-state index contributed by atoms with van der Waals surface area (Å²) in [6, 6.07) is -1.46. The highest BCUT2D eigenvalue weighted by Crippen LogP contribution is 2.42. The zero-order valence-electron chi connectivity index (χ0n) is 21.3. The summed E-state index contributed by atoms with van der Waals surface area (Å²) in [6.45, 7) is 6.86. The minimum atomic E-state index is -3.03. The van der Waals surface area contributed by atoms with Gasteiger partial charge >= 0.3 is 13.2 Å². The monoisotopic (exact) mass is 499 g/mol. The SMILES string of the molecule is CN(C)C(=O)[C@H](C1CC=C(B2OC(C)(C)C(C)(C)O2)CC1)[C@H](NC(=O)O)C(=O)N1CCC(F)(F)C1. The number of hydrogen-bond acceptors (Lipinski definition) is 5. The maximum atomic E-state index is 13.8. The molecule has 2 aliphatic heterocycles. The summed E-state index contributed by atoms with van der Waals surface area (Å²) >= 11 is 0. The maximum absolute atomic E-state index is 13.8. The van der Waals surface area contributed by atoms with E-state index in [1.54, 1.807) is 0 Å². The first kappa shape index (κ1) is 27.4. The molecule has 2 N–H and O–H groups in total. The van der Waals surface area contributed by atoms with Crippen LogP contribution >= 0.6 is 0 Å². The van der Waals surface area contributed by atoms with E-state index in [0.717, 1.165) is 10.4 Å². The normalized spacial score (nSPS) is 26.6. The van der Waals surface area contributed by atoms with Gasteiger partial charge in [0.1, 0.15) is 6.04 Å². The number of hydrogen-bond donors (Lipinski definition) is 2. The molecule has 35 heavy (non-hydrogen) atoms. The van der Waals surface area contributed by atoms with Gasteiger partial charge in [0.05, 0.1) is 23.7 Å². The van der Waals surface area contributed by atoms with Crippen LogP contribution in [0.15, 0.2) is 11.5 Å². The van der Waals surface area contributed by atoms with Gasteiger partial charge in [0.15, 0.2) is 0 Å². The first-order valence-corrected chi connectivity index (χ1v) is 12.0. The van der Waals surface area contributed by atoms with Gasteiger partial charge in [-0.15, -0.1) is 0 Å². The van der Waals surface area contributed by atoms with Gasteiger partial charge < -0.3 is 29.5 Å². The molecule has 2 fully saturated rings. The van der Waals surface area contributed by atoms with Crippen molar-refractivity contribution < 1.29 is 37.6 Å². The Morgan fingerprint density at radius 1 is 1.20 bits per heavy atom. The maximum Gasteiger partial charge on any atom is 0.490 e. The lowest BCUT2D eigenvalue weighted by Crippen LogP contribution is -2.57.